The van der Waals surface area contributed by atoms with E-state index in [9.17, 15) is 18.0 Å². The Morgan fingerprint density at radius 2 is 1.89 bits per heavy atom. The molecule has 27 heavy (non-hydrogen) atoms. The molecule has 0 unspecified atom stereocenters. The van der Waals surface area contributed by atoms with Crippen LogP contribution in [0.1, 0.15) is 45.1 Å². The van der Waals surface area contributed by atoms with Crippen molar-refractivity contribution in [2.24, 2.45) is 0 Å². The zero-order chi connectivity index (χ0) is 19.8. The maximum absolute atomic E-state index is 12.8. The molecule has 0 saturated carbocycles. The fraction of sp³-hybridized carbons (Fsp3) is 0.722. The summed E-state index contributed by atoms with van der Waals surface area (Å²) in [4.78, 5) is 28.7. The monoisotopic (exact) mass is 397 g/mol. The lowest BCUT2D eigenvalue weighted by Gasteiger charge is -2.33. The fourth-order valence-corrected chi connectivity index (χ4v) is 4.66. The number of amides is 2. The van der Waals surface area contributed by atoms with E-state index in [0.717, 1.165) is 12.1 Å². The van der Waals surface area contributed by atoms with Gasteiger partial charge in [-0.25, -0.2) is 13.2 Å². The van der Waals surface area contributed by atoms with Gasteiger partial charge in [-0.1, -0.05) is 25.9 Å². The van der Waals surface area contributed by atoms with Gasteiger partial charge in [0.1, 0.15) is 5.76 Å². The van der Waals surface area contributed by atoms with E-state index >= 15 is 0 Å². The van der Waals surface area contributed by atoms with Crippen LogP contribution in [0.2, 0.25) is 0 Å². The van der Waals surface area contributed by atoms with E-state index < -0.39 is 15.9 Å². The first-order valence-corrected chi connectivity index (χ1v) is 11.1. The summed E-state index contributed by atoms with van der Waals surface area (Å²) >= 11 is 0. The lowest BCUT2D eigenvalue weighted by Crippen LogP contribution is -2.52. The topological polar surface area (TPSA) is 101 Å². The number of nitrogens with zero attached hydrogens (tertiary/aromatic N) is 3. The van der Waals surface area contributed by atoms with Crippen molar-refractivity contribution in [2.75, 3.05) is 31.1 Å². The maximum Gasteiger partial charge on any atom is 0.320 e. The van der Waals surface area contributed by atoms with Gasteiger partial charge in [-0.05, 0) is 12.8 Å². The average Bonchev–Trinajstić information content (AvgIpc) is 3.22. The third-order valence-corrected chi connectivity index (χ3v) is 6.77. The molecule has 8 nitrogen and oxygen atoms in total. The van der Waals surface area contributed by atoms with Gasteiger partial charge < -0.3 is 14.3 Å². The van der Waals surface area contributed by atoms with E-state index in [2.05, 4.69) is 5.16 Å². The van der Waals surface area contributed by atoms with Gasteiger partial charge in [-0.3, -0.25) is 4.79 Å². The summed E-state index contributed by atoms with van der Waals surface area (Å²) in [5, 5.41) is 4.04. The first-order valence-electron chi connectivity index (χ1n) is 9.31. The van der Waals surface area contributed by atoms with Crippen LogP contribution in [-0.2, 0) is 26.5 Å². The molecule has 150 valence electrons. The molecule has 0 radical (unpaired) electrons. The van der Waals surface area contributed by atoms with E-state index in [-0.39, 0.29) is 48.2 Å². The average molecular weight is 397 g/mol. The number of aromatic nitrogens is 1. The quantitative estimate of drug-likeness (QED) is 0.764. The van der Waals surface area contributed by atoms with Crippen molar-refractivity contribution in [2.45, 2.75) is 51.5 Å². The second kappa shape index (κ2) is 7.26. The minimum atomic E-state index is -3.05. The van der Waals surface area contributed by atoms with Gasteiger partial charge in [-0.15, -0.1) is 0 Å². The maximum atomic E-state index is 12.8. The van der Waals surface area contributed by atoms with Crippen molar-refractivity contribution in [3.8, 4) is 0 Å². The summed E-state index contributed by atoms with van der Waals surface area (Å²) in [7, 11) is -3.05. The molecule has 0 spiro atoms. The van der Waals surface area contributed by atoms with E-state index in [1.807, 2.05) is 20.8 Å². The van der Waals surface area contributed by atoms with Crippen molar-refractivity contribution in [3.63, 3.8) is 0 Å². The third-order valence-electron chi connectivity index (χ3n) is 5.16. The molecule has 0 aromatic carbocycles. The minimum absolute atomic E-state index is 0.0150. The molecule has 1 aromatic heterocycles. The molecule has 2 fully saturated rings. The van der Waals surface area contributed by atoms with Gasteiger partial charge in [0, 0.05) is 31.1 Å². The summed E-state index contributed by atoms with van der Waals surface area (Å²) in [5.41, 5.74) is 0.633. The Bertz CT molecular complexity index is 810. The van der Waals surface area contributed by atoms with Crippen LogP contribution in [0.25, 0.3) is 0 Å². The highest BCUT2D eigenvalue weighted by atomic mass is 32.2. The van der Waals surface area contributed by atoms with Crippen LogP contribution in [0, 0.1) is 0 Å². The van der Waals surface area contributed by atoms with Gasteiger partial charge in [0.2, 0.25) is 0 Å². The van der Waals surface area contributed by atoms with E-state index in [0.29, 0.717) is 18.7 Å². The van der Waals surface area contributed by atoms with E-state index in [4.69, 9.17) is 4.52 Å². The Balaban J connectivity index is 1.64. The smallest absolute Gasteiger partial charge is 0.320 e. The molecule has 3 heterocycles. The van der Waals surface area contributed by atoms with Crippen LogP contribution < -0.4 is 0 Å². The Morgan fingerprint density at radius 3 is 2.48 bits per heavy atom. The minimum Gasteiger partial charge on any atom is -0.361 e. The fourth-order valence-electron chi connectivity index (χ4n) is 3.46. The number of urea groups is 1. The van der Waals surface area contributed by atoms with Gasteiger partial charge in [0.15, 0.2) is 15.6 Å². The molecule has 9 heteroatoms. The second-order valence-corrected chi connectivity index (χ2v) is 10.6. The summed E-state index contributed by atoms with van der Waals surface area (Å²) in [6.45, 7) is 6.96. The zero-order valence-corrected chi connectivity index (χ0v) is 16.9. The molecular weight excluding hydrogens is 370 g/mol. The highest BCUT2D eigenvalue weighted by Gasteiger charge is 2.38. The van der Waals surface area contributed by atoms with Crippen LogP contribution in [-0.4, -0.2) is 72.4 Å². The predicted octanol–water partition coefficient (Wildman–Crippen LogP) is 1.40. The number of rotatable bonds is 3. The van der Waals surface area contributed by atoms with Gasteiger partial charge in [0.05, 0.1) is 29.7 Å². The third kappa shape index (κ3) is 4.51. The standard InChI is InChI=1S/C18H27N3O5S/c1-18(2,3)16-12-13(26-19-16)11-15(22)14-5-4-6-21(14)17(23)20-7-9-27(24,25)10-8-20/h12,14H,4-11H2,1-3H3/t14-/m0/s1. The Kier molecular flexibility index (Phi) is 5.33. The van der Waals surface area contributed by atoms with Gasteiger partial charge in [0.25, 0.3) is 0 Å². The molecule has 1 atom stereocenters. The highest BCUT2D eigenvalue weighted by molar-refractivity contribution is 7.91. The summed E-state index contributed by atoms with van der Waals surface area (Å²) < 4.78 is 28.4. The lowest BCUT2D eigenvalue weighted by molar-refractivity contribution is -0.122. The number of carbonyl (C=O) groups excluding carboxylic acids is 2. The van der Waals surface area contributed by atoms with Crippen LogP contribution in [0.15, 0.2) is 10.6 Å². The molecule has 2 saturated heterocycles. The number of ketones is 1. The number of carbonyl (C=O) groups is 2. The van der Waals surface area contributed by atoms with Crippen LogP contribution >= 0.6 is 0 Å². The molecule has 0 N–H and O–H groups in total. The van der Waals surface area contributed by atoms with Crippen molar-refractivity contribution in [3.05, 3.63) is 17.5 Å². The first-order chi connectivity index (χ1) is 12.6. The highest BCUT2D eigenvalue weighted by Crippen LogP contribution is 2.25. The zero-order valence-electron chi connectivity index (χ0n) is 16.1. The van der Waals surface area contributed by atoms with E-state index in [1.54, 1.807) is 15.9 Å². The lowest BCUT2D eigenvalue weighted by atomic mass is 9.92. The summed E-state index contributed by atoms with van der Waals surface area (Å²) in [6.07, 6.45) is 1.49. The molecule has 0 bridgehead atoms. The van der Waals surface area contributed by atoms with Crippen molar-refractivity contribution >= 4 is 21.7 Å². The number of Topliss-reactive ketones (excluding diaryl/α,β-unsaturated/α-hetero) is 1. The largest absolute Gasteiger partial charge is 0.361 e. The molecule has 2 amide bonds. The van der Waals surface area contributed by atoms with Gasteiger partial charge >= 0.3 is 6.03 Å². The summed E-state index contributed by atoms with van der Waals surface area (Å²) in [6, 6.07) is 1.07. The second-order valence-electron chi connectivity index (χ2n) is 8.34. The van der Waals surface area contributed by atoms with Crippen molar-refractivity contribution in [1.29, 1.82) is 0 Å². The summed E-state index contributed by atoms with van der Waals surface area (Å²) in [5.74, 6) is 0.410. The van der Waals surface area contributed by atoms with Crippen LogP contribution in [0.4, 0.5) is 4.79 Å². The van der Waals surface area contributed by atoms with Crippen LogP contribution in [0.3, 0.4) is 0 Å². The van der Waals surface area contributed by atoms with Gasteiger partial charge in [-0.2, -0.15) is 0 Å². The Morgan fingerprint density at radius 1 is 1.22 bits per heavy atom. The van der Waals surface area contributed by atoms with E-state index in [1.165, 1.54) is 0 Å². The SMILES string of the molecule is CC(C)(C)c1cc(CC(=O)[C@@H]2CCCN2C(=O)N2CCS(=O)(=O)CC2)on1. The molecule has 3 rings (SSSR count). The number of hydrogen-bond donors (Lipinski definition) is 0. The molecule has 0 aliphatic carbocycles. The van der Waals surface area contributed by atoms with Crippen molar-refractivity contribution < 1.29 is 22.5 Å². The predicted molar refractivity (Wildman–Crippen MR) is 99.3 cm³/mol. The molecule has 2 aliphatic heterocycles. The Hall–Kier alpha value is -1.90. The number of sulfone groups is 1. The number of likely N-dealkylation sites (tertiary alicyclic amines) is 1. The normalized spacial score (nSPS) is 22.9. The molecule has 2 aliphatic rings. The van der Waals surface area contributed by atoms with Crippen LogP contribution in [0.5, 0.6) is 0 Å². The van der Waals surface area contributed by atoms with Crippen molar-refractivity contribution in [1.82, 2.24) is 15.0 Å². The first kappa shape index (κ1) is 19.9. The Labute approximate surface area is 159 Å². The molecule has 1 aromatic rings. The number of hydrogen-bond acceptors (Lipinski definition) is 6. The molecular formula is C18H27N3O5S.